The third-order valence-electron chi connectivity index (χ3n) is 3.04. The number of nitrogens with one attached hydrogen (secondary N) is 1. The lowest BCUT2D eigenvalue weighted by atomic mass is 10.6. The summed E-state index contributed by atoms with van der Waals surface area (Å²) in [6.45, 7) is 9.09. The Bertz CT molecular complexity index is 247. The zero-order valence-corrected chi connectivity index (χ0v) is 16.3. The maximum Gasteiger partial charge on any atom is 0.0701 e. The lowest BCUT2D eigenvalue weighted by Crippen LogP contribution is -2.19. The van der Waals surface area contributed by atoms with Gasteiger partial charge >= 0.3 is 0 Å². The van der Waals surface area contributed by atoms with Gasteiger partial charge in [0.2, 0.25) is 0 Å². The SMILES string of the molecule is CNCCOCCOCCOCCOCCOCCOCCN(C)C. The zero-order valence-electron chi connectivity index (χ0n) is 16.3. The fourth-order valence-electron chi connectivity index (χ4n) is 1.62. The van der Waals surface area contributed by atoms with Crippen molar-refractivity contribution in [1.29, 1.82) is 0 Å². The second kappa shape index (κ2) is 21.7. The predicted octanol–water partition coefficient (Wildman–Crippen LogP) is -0.133. The highest BCUT2D eigenvalue weighted by Crippen LogP contribution is 1.85. The molecule has 0 aromatic carbocycles. The van der Waals surface area contributed by atoms with E-state index in [2.05, 4.69) is 10.2 Å². The average Bonchev–Trinajstić information content (AvgIpc) is 2.60. The van der Waals surface area contributed by atoms with E-state index in [0.29, 0.717) is 72.7 Å². The molecule has 0 radical (unpaired) electrons. The maximum absolute atomic E-state index is 5.42. The van der Waals surface area contributed by atoms with E-state index in [1.807, 2.05) is 21.1 Å². The Kier molecular flexibility index (Phi) is 21.4. The van der Waals surface area contributed by atoms with E-state index >= 15 is 0 Å². The molecule has 0 aliphatic carbocycles. The van der Waals surface area contributed by atoms with E-state index in [9.17, 15) is 0 Å². The molecule has 1 N–H and O–H groups in total. The highest BCUT2D eigenvalue weighted by Gasteiger charge is 1.94. The fraction of sp³-hybridized carbons (Fsp3) is 1.00. The molecule has 0 atom stereocenters. The van der Waals surface area contributed by atoms with E-state index in [1.54, 1.807) is 0 Å². The van der Waals surface area contributed by atoms with Crippen LogP contribution in [0.3, 0.4) is 0 Å². The number of hydrogen-bond donors (Lipinski definition) is 1. The third-order valence-corrected chi connectivity index (χ3v) is 3.04. The number of hydrogen-bond acceptors (Lipinski definition) is 8. The van der Waals surface area contributed by atoms with Crippen molar-refractivity contribution in [3.05, 3.63) is 0 Å². The van der Waals surface area contributed by atoms with Crippen LogP contribution in [0.15, 0.2) is 0 Å². The van der Waals surface area contributed by atoms with E-state index in [0.717, 1.165) is 19.7 Å². The summed E-state index contributed by atoms with van der Waals surface area (Å²) in [7, 11) is 5.95. The van der Waals surface area contributed by atoms with Crippen molar-refractivity contribution in [3.8, 4) is 0 Å². The van der Waals surface area contributed by atoms with Crippen molar-refractivity contribution >= 4 is 0 Å². The molecule has 0 saturated carbocycles. The van der Waals surface area contributed by atoms with Crippen LogP contribution in [0.4, 0.5) is 0 Å². The fourth-order valence-corrected chi connectivity index (χ4v) is 1.62. The molecular formula is C17H38N2O6. The molecule has 0 aromatic heterocycles. The molecule has 0 spiro atoms. The van der Waals surface area contributed by atoms with Gasteiger partial charge in [0.05, 0.1) is 79.3 Å². The average molecular weight is 366 g/mol. The second-order valence-electron chi connectivity index (χ2n) is 5.58. The van der Waals surface area contributed by atoms with Crippen LogP contribution < -0.4 is 5.32 Å². The standard InChI is InChI=1S/C17H38N2O6/c1-18-4-6-20-8-10-22-12-14-24-16-17-25-15-13-23-11-9-21-7-5-19(2)3/h18H,4-17H2,1-3H3. The first-order valence-corrected chi connectivity index (χ1v) is 9.03. The van der Waals surface area contributed by atoms with Gasteiger partial charge < -0.3 is 38.6 Å². The van der Waals surface area contributed by atoms with Gasteiger partial charge in [-0.3, -0.25) is 0 Å². The highest BCUT2D eigenvalue weighted by atomic mass is 16.6. The molecule has 152 valence electrons. The van der Waals surface area contributed by atoms with Crippen molar-refractivity contribution in [2.45, 2.75) is 0 Å². The Morgan fingerprint density at radius 3 is 1.16 bits per heavy atom. The summed E-state index contributed by atoms with van der Waals surface area (Å²) in [5.41, 5.74) is 0. The van der Waals surface area contributed by atoms with Crippen molar-refractivity contribution < 1.29 is 28.4 Å². The van der Waals surface area contributed by atoms with Crippen LogP contribution >= 0.6 is 0 Å². The summed E-state index contributed by atoms with van der Waals surface area (Å²) in [5, 5.41) is 3.02. The van der Waals surface area contributed by atoms with Gasteiger partial charge in [0.25, 0.3) is 0 Å². The van der Waals surface area contributed by atoms with Crippen LogP contribution in [0.1, 0.15) is 0 Å². The molecule has 0 saturated heterocycles. The van der Waals surface area contributed by atoms with Crippen LogP contribution in [0, 0.1) is 0 Å². The predicted molar refractivity (Wildman–Crippen MR) is 97.4 cm³/mol. The molecule has 0 rings (SSSR count). The first-order chi connectivity index (χ1) is 12.3. The Labute approximate surface area is 153 Å². The molecule has 0 unspecified atom stereocenters. The Morgan fingerprint density at radius 2 is 0.840 bits per heavy atom. The molecule has 0 aliphatic rings. The number of likely N-dealkylation sites (N-methyl/N-ethyl adjacent to an activating group) is 2. The molecule has 0 aliphatic heterocycles. The van der Waals surface area contributed by atoms with Gasteiger partial charge in [-0.1, -0.05) is 0 Å². The van der Waals surface area contributed by atoms with E-state index in [1.165, 1.54) is 0 Å². The molecule has 0 fully saturated rings. The van der Waals surface area contributed by atoms with Crippen LogP contribution in [0.2, 0.25) is 0 Å². The van der Waals surface area contributed by atoms with Crippen LogP contribution in [-0.4, -0.2) is 118 Å². The van der Waals surface area contributed by atoms with Crippen molar-refractivity contribution in [2.24, 2.45) is 0 Å². The zero-order chi connectivity index (χ0) is 18.4. The molecule has 8 nitrogen and oxygen atoms in total. The number of rotatable bonds is 21. The van der Waals surface area contributed by atoms with Crippen LogP contribution in [0.25, 0.3) is 0 Å². The largest absolute Gasteiger partial charge is 0.378 e. The van der Waals surface area contributed by atoms with Gasteiger partial charge in [0.1, 0.15) is 0 Å². The van der Waals surface area contributed by atoms with Crippen molar-refractivity contribution in [3.63, 3.8) is 0 Å². The minimum absolute atomic E-state index is 0.565. The smallest absolute Gasteiger partial charge is 0.0701 e. The molecule has 0 amide bonds. The van der Waals surface area contributed by atoms with Crippen molar-refractivity contribution in [2.75, 3.05) is 114 Å². The number of nitrogens with zero attached hydrogens (tertiary/aromatic N) is 1. The van der Waals surface area contributed by atoms with Gasteiger partial charge in [0.15, 0.2) is 0 Å². The molecule has 0 aromatic rings. The minimum Gasteiger partial charge on any atom is -0.378 e. The monoisotopic (exact) mass is 366 g/mol. The van der Waals surface area contributed by atoms with Gasteiger partial charge in [-0.2, -0.15) is 0 Å². The summed E-state index contributed by atoms with van der Waals surface area (Å²) >= 11 is 0. The molecule has 8 heteroatoms. The van der Waals surface area contributed by atoms with Crippen molar-refractivity contribution in [1.82, 2.24) is 10.2 Å². The van der Waals surface area contributed by atoms with Gasteiger partial charge in [-0.15, -0.1) is 0 Å². The first-order valence-electron chi connectivity index (χ1n) is 9.03. The summed E-state index contributed by atoms with van der Waals surface area (Å²) < 4.78 is 32.4. The summed E-state index contributed by atoms with van der Waals surface area (Å²) in [6.07, 6.45) is 0. The Morgan fingerprint density at radius 1 is 0.520 bits per heavy atom. The normalized spacial score (nSPS) is 11.5. The highest BCUT2D eigenvalue weighted by molar-refractivity contribution is 4.40. The van der Waals surface area contributed by atoms with E-state index in [4.69, 9.17) is 28.4 Å². The summed E-state index contributed by atoms with van der Waals surface area (Å²) in [4.78, 5) is 2.09. The van der Waals surface area contributed by atoms with E-state index < -0.39 is 0 Å². The maximum atomic E-state index is 5.42. The first kappa shape index (κ1) is 24.7. The van der Waals surface area contributed by atoms with Gasteiger partial charge in [0, 0.05) is 13.1 Å². The topological polar surface area (TPSA) is 70.7 Å². The Hall–Kier alpha value is -0.320. The molecule has 25 heavy (non-hydrogen) atoms. The molecule has 0 bridgehead atoms. The molecular weight excluding hydrogens is 328 g/mol. The lowest BCUT2D eigenvalue weighted by Gasteiger charge is -2.10. The summed E-state index contributed by atoms with van der Waals surface area (Å²) in [5.74, 6) is 0. The van der Waals surface area contributed by atoms with Gasteiger partial charge in [-0.25, -0.2) is 0 Å². The summed E-state index contributed by atoms with van der Waals surface area (Å²) in [6, 6.07) is 0. The van der Waals surface area contributed by atoms with Crippen LogP contribution in [0.5, 0.6) is 0 Å². The lowest BCUT2D eigenvalue weighted by molar-refractivity contribution is -0.0169. The van der Waals surface area contributed by atoms with E-state index in [-0.39, 0.29) is 0 Å². The van der Waals surface area contributed by atoms with Gasteiger partial charge in [-0.05, 0) is 21.1 Å². The molecule has 0 heterocycles. The Balaban J connectivity index is 2.96. The quantitative estimate of drug-likeness (QED) is 0.282. The third kappa shape index (κ3) is 23.7. The number of ether oxygens (including phenoxy) is 6. The second-order valence-corrected chi connectivity index (χ2v) is 5.58. The minimum atomic E-state index is 0.565. The van der Waals surface area contributed by atoms with Crippen LogP contribution in [-0.2, 0) is 28.4 Å².